The van der Waals surface area contributed by atoms with E-state index in [-0.39, 0.29) is 0 Å². The maximum atomic E-state index is 11.3. The van der Waals surface area contributed by atoms with Gasteiger partial charge in [-0.15, -0.1) is 5.10 Å². The van der Waals surface area contributed by atoms with Crippen molar-refractivity contribution in [3.8, 4) is 11.1 Å². The number of aromatic nitrogens is 3. The second-order valence-corrected chi connectivity index (χ2v) is 3.50. The summed E-state index contributed by atoms with van der Waals surface area (Å²) >= 11 is 0. The average molecular weight is 210 g/mol. The fourth-order valence-corrected chi connectivity index (χ4v) is 1.77. The van der Waals surface area contributed by atoms with Crippen LogP contribution in [0.4, 0.5) is 0 Å². The first-order valence-electron chi connectivity index (χ1n) is 4.93. The van der Waals surface area contributed by atoms with Crippen LogP contribution in [0.25, 0.3) is 22.2 Å². The SMILES string of the molecule is [O-]n1nnc2c(-c3ccccc3)cccc21. The number of benzene rings is 2. The highest BCUT2D eigenvalue weighted by atomic mass is 16.5. The van der Waals surface area contributed by atoms with Gasteiger partial charge in [-0.25, -0.2) is 0 Å². The molecule has 16 heavy (non-hydrogen) atoms. The van der Waals surface area contributed by atoms with Crippen LogP contribution in [0.5, 0.6) is 0 Å². The number of nitrogens with zero attached hydrogens (tertiary/aromatic N) is 3. The first-order valence-corrected chi connectivity index (χ1v) is 4.93. The molecule has 0 aliphatic carbocycles. The summed E-state index contributed by atoms with van der Waals surface area (Å²) in [7, 11) is 0. The zero-order valence-corrected chi connectivity index (χ0v) is 8.37. The molecule has 0 N–H and O–H groups in total. The van der Waals surface area contributed by atoms with E-state index >= 15 is 0 Å². The Hall–Kier alpha value is -2.36. The summed E-state index contributed by atoms with van der Waals surface area (Å²) in [5.74, 6) is 0. The highest BCUT2D eigenvalue weighted by molar-refractivity contribution is 5.91. The largest absolute Gasteiger partial charge is 0.789 e. The Kier molecular flexibility index (Phi) is 1.86. The first-order chi connectivity index (χ1) is 7.86. The molecule has 0 saturated heterocycles. The second kappa shape index (κ2) is 3.34. The molecule has 0 aliphatic heterocycles. The van der Waals surface area contributed by atoms with E-state index in [1.807, 2.05) is 42.5 Å². The lowest BCUT2D eigenvalue weighted by atomic mass is 10.0. The molecule has 0 saturated carbocycles. The number of fused-ring (bicyclic) bond motifs is 1. The summed E-state index contributed by atoms with van der Waals surface area (Å²) < 4.78 is 0. The number of rotatable bonds is 1. The molecule has 0 unspecified atom stereocenters. The normalized spacial score (nSPS) is 10.8. The smallest absolute Gasteiger partial charge is 0.120 e. The lowest BCUT2D eigenvalue weighted by Crippen LogP contribution is -1.86. The molecule has 0 fully saturated rings. The van der Waals surface area contributed by atoms with Crippen molar-refractivity contribution in [1.29, 1.82) is 0 Å². The minimum absolute atomic E-state index is 0.501. The van der Waals surface area contributed by atoms with E-state index in [0.717, 1.165) is 11.1 Å². The van der Waals surface area contributed by atoms with Gasteiger partial charge in [0.15, 0.2) is 0 Å². The van der Waals surface area contributed by atoms with E-state index in [4.69, 9.17) is 0 Å². The molecule has 4 nitrogen and oxygen atoms in total. The Labute approximate surface area is 91.7 Å². The first kappa shape index (κ1) is 8.91. The summed E-state index contributed by atoms with van der Waals surface area (Å²) in [5, 5.41) is 18.7. The maximum Gasteiger partial charge on any atom is 0.120 e. The molecule has 2 aromatic carbocycles. The van der Waals surface area contributed by atoms with Gasteiger partial charge < -0.3 is 5.21 Å². The van der Waals surface area contributed by atoms with Crippen LogP contribution in [0.15, 0.2) is 48.5 Å². The van der Waals surface area contributed by atoms with Crippen molar-refractivity contribution in [2.24, 2.45) is 0 Å². The minimum atomic E-state index is 0.501. The molecular weight excluding hydrogens is 202 g/mol. The Morgan fingerprint density at radius 1 is 0.938 bits per heavy atom. The Balaban J connectivity index is 2.32. The van der Waals surface area contributed by atoms with Gasteiger partial charge in [0.1, 0.15) is 5.52 Å². The van der Waals surface area contributed by atoms with Crippen LogP contribution < -0.4 is 0 Å². The van der Waals surface area contributed by atoms with E-state index in [0.29, 0.717) is 15.9 Å². The molecular formula is C12H8N3O-. The Morgan fingerprint density at radius 3 is 2.56 bits per heavy atom. The molecule has 78 valence electrons. The third kappa shape index (κ3) is 1.24. The van der Waals surface area contributed by atoms with Crippen LogP contribution in [0.1, 0.15) is 0 Å². The van der Waals surface area contributed by atoms with Gasteiger partial charge in [0.05, 0.1) is 5.52 Å². The van der Waals surface area contributed by atoms with Crippen LogP contribution in [-0.4, -0.2) is 15.2 Å². The number of hydrogen-bond acceptors (Lipinski definition) is 3. The summed E-state index contributed by atoms with van der Waals surface area (Å²) in [6, 6.07) is 15.3. The van der Waals surface area contributed by atoms with E-state index < -0.39 is 0 Å². The fourth-order valence-electron chi connectivity index (χ4n) is 1.77. The molecule has 0 radical (unpaired) electrons. The summed E-state index contributed by atoms with van der Waals surface area (Å²) in [6.07, 6.45) is 0. The third-order valence-corrected chi connectivity index (χ3v) is 2.53. The molecule has 4 heteroatoms. The number of hydrogen-bond donors (Lipinski definition) is 0. The molecule has 3 rings (SSSR count). The standard InChI is InChI=1S/C12H8N3O/c16-15-11-8-4-7-10(12(11)13-14-15)9-5-2-1-3-6-9/h1-8H/q-1. The Morgan fingerprint density at radius 2 is 1.75 bits per heavy atom. The molecule has 0 amide bonds. The third-order valence-electron chi connectivity index (χ3n) is 2.53. The molecule has 1 aromatic heterocycles. The van der Waals surface area contributed by atoms with Crippen LogP contribution in [0.2, 0.25) is 0 Å². The van der Waals surface area contributed by atoms with Crippen molar-refractivity contribution in [3.63, 3.8) is 0 Å². The van der Waals surface area contributed by atoms with Crippen molar-refractivity contribution in [2.75, 3.05) is 0 Å². The summed E-state index contributed by atoms with van der Waals surface area (Å²) in [4.78, 5) is 0.543. The highest BCUT2D eigenvalue weighted by Crippen LogP contribution is 2.26. The lowest BCUT2D eigenvalue weighted by Gasteiger charge is -2.04. The zero-order valence-electron chi connectivity index (χ0n) is 8.37. The van der Waals surface area contributed by atoms with Gasteiger partial charge in [-0.2, -0.15) is 0 Å². The lowest BCUT2D eigenvalue weighted by molar-refractivity contribution is 0.828. The maximum absolute atomic E-state index is 11.3. The van der Waals surface area contributed by atoms with Gasteiger partial charge in [0, 0.05) is 5.56 Å². The van der Waals surface area contributed by atoms with E-state index in [1.165, 1.54) is 0 Å². The van der Waals surface area contributed by atoms with E-state index in [9.17, 15) is 5.21 Å². The van der Waals surface area contributed by atoms with Gasteiger partial charge in [-0.1, -0.05) is 47.7 Å². The van der Waals surface area contributed by atoms with E-state index in [2.05, 4.69) is 10.3 Å². The van der Waals surface area contributed by atoms with Crippen molar-refractivity contribution < 1.29 is 0 Å². The van der Waals surface area contributed by atoms with E-state index in [1.54, 1.807) is 6.07 Å². The second-order valence-electron chi connectivity index (χ2n) is 3.50. The highest BCUT2D eigenvalue weighted by Gasteiger charge is 2.06. The Bertz CT molecular complexity index is 631. The monoisotopic (exact) mass is 210 g/mol. The van der Waals surface area contributed by atoms with Crippen molar-refractivity contribution >= 4 is 11.0 Å². The quantitative estimate of drug-likeness (QED) is 0.619. The van der Waals surface area contributed by atoms with Crippen LogP contribution in [0, 0.1) is 5.21 Å². The van der Waals surface area contributed by atoms with Crippen LogP contribution >= 0.6 is 0 Å². The van der Waals surface area contributed by atoms with Gasteiger partial charge in [0.2, 0.25) is 0 Å². The zero-order chi connectivity index (χ0) is 11.0. The molecule has 0 bridgehead atoms. The summed E-state index contributed by atoms with van der Waals surface area (Å²) in [6.45, 7) is 0. The van der Waals surface area contributed by atoms with Gasteiger partial charge in [-0.05, 0) is 11.6 Å². The topological polar surface area (TPSA) is 53.8 Å². The average Bonchev–Trinajstić information content (AvgIpc) is 2.73. The van der Waals surface area contributed by atoms with Crippen LogP contribution in [-0.2, 0) is 0 Å². The molecule has 1 heterocycles. The summed E-state index contributed by atoms with van der Waals surface area (Å²) in [5.41, 5.74) is 3.11. The minimum Gasteiger partial charge on any atom is -0.789 e. The van der Waals surface area contributed by atoms with Crippen LogP contribution in [0.3, 0.4) is 0 Å². The van der Waals surface area contributed by atoms with Gasteiger partial charge >= 0.3 is 0 Å². The van der Waals surface area contributed by atoms with Gasteiger partial charge in [-0.3, -0.25) is 4.85 Å². The van der Waals surface area contributed by atoms with Crippen molar-refractivity contribution in [2.45, 2.75) is 0 Å². The molecule has 0 aliphatic rings. The molecule has 0 atom stereocenters. The van der Waals surface area contributed by atoms with Crippen molar-refractivity contribution in [3.05, 3.63) is 53.7 Å². The fraction of sp³-hybridized carbons (Fsp3) is 0. The molecule has 3 aromatic rings. The molecule has 0 spiro atoms. The van der Waals surface area contributed by atoms with Crippen molar-refractivity contribution in [1.82, 2.24) is 15.2 Å². The van der Waals surface area contributed by atoms with Gasteiger partial charge in [0.25, 0.3) is 0 Å². The predicted molar refractivity (Wildman–Crippen MR) is 61.7 cm³/mol. The predicted octanol–water partition coefficient (Wildman–Crippen LogP) is 2.44.